The van der Waals surface area contributed by atoms with Gasteiger partial charge < -0.3 is 4.74 Å². The number of hydrogen-bond acceptors (Lipinski definition) is 3. The number of hydrazine groups is 1. The molecule has 1 fully saturated rings. The second-order valence-electron chi connectivity index (χ2n) is 5.29. The van der Waals surface area contributed by atoms with Gasteiger partial charge in [0.2, 0.25) is 0 Å². The molecule has 100 valence electrons. The molecule has 1 aliphatic heterocycles. The molecular weight excluding hydrogens is 224 g/mol. The lowest BCUT2D eigenvalue weighted by atomic mass is 9.91. The van der Waals surface area contributed by atoms with Crippen molar-refractivity contribution in [2.45, 2.75) is 45.3 Å². The largest absolute Gasteiger partial charge is 0.378 e. The van der Waals surface area contributed by atoms with Crippen LogP contribution in [-0.4, -0.2) is 18.8 Å². The predicted octanol–water partition coefficient (Wildman–Crippen LogP) is 2.05. The van der Waals surface area contributed by atoms with Crippen molar-refractivity contribution in [2.24, 2.45) is 11.8 Å². The average molecular weight is 248 g/mol. The topological polar surface area (TPSA) is 47.3 Å². The number of rotatable bonds is 5. The molecule has 1 aromatic carbocycles. The fourth-order valence-electron chi connectivity index (χ4n) is 2.66. The fourth-order valence-corrected chi connectivity index (χ4v) is 2.66. The standard InChI is InChI=1S/C15H24N2O/c1-3-12-4-6-13(7-5-12)9-15(17-16)14-8-11(2)18-10-14/h4-7,11,14-15,17H,3,8-10,16H2,1-2H3. The summed E-state index contributed by atoms with van der Waals surface area (Å²) in [5.74, 6) is 6.22. The number of hydrogen-bond donors (Lipinski definition) is 2. The van der Waals surface area contributed by atoms with Crippen LogP contribution in [0.2, 0.25) is 0 Å². The lowest BCUT2D eigenvalue weighted by Gasteiger charge is -2.21. The molecule has 1 saturated heterocycles. The summed E-state index contributed by atoms with van der Waals surface area (Å²) < 4.78 is 5.63. The zero-order chi connectivity index (χ0) is 13.0. The molecule has 0 saturated carbocycles. The molecule has 0 spiro atoms. The van der Waals surface area contributed by atoms with Gasteiger partial charge in [-0.25, -0.2) is 0 Å². The van der Waals surface area contributed by atoms with Gasteiger partial charge in [-0.05, 0) is 37.3 Å². The second-order valence-corrected chi connectivity index (χ2v) is 5.29. The first-order valence-corrected chi connectivity index (χ1v) is 6.88. The second kappa shape index (κ2) is 6.32. The van der Waals surface area contributed by atoms with Crippen molar-refractivity contribution < 1.29 is 4.74 Å². The van der Waals surface area contributed by atoms with Gasteiger partial charge in [0.05, 0.1) is 12.7 Å². The monoisotopic (exact) mass is 248 g/mol. The van der Waals surface area contributed by atoms with E-state index < -0.39 is 0 Å². The van der Waals surface area contributed by atoms with Crippen LogP contribution in [0.15, 0.2) is 24.3 Å². The van der Waals surface area contributed by atoms with E-state index in [9.17, 15) is 0 Å². The summed E-state index contributed by atoms with van der Waals surface area (Å²) in [6, 6.07) is 9.14. The first-order valence-electron chi connectivity index (χ1n) is 6.88. The zero-order valence-corrected chi connectivity index (χ0v) is 11.4. The van der Waals surface area contributed by atoms with Gasteiger partial charge in [0.1, 0.15) is 0 Å². The smallest absolute Gasteiger partial charge is 0.0551 e. The first-order chi connectivity index (χ1) is 8.72. The molecule has 0 bridgehead atoms. The van der Waals surface area contributed by atoms with Gasteiger partial charge in [-0.3, -0.25) is 11.3 Å². The summed E-state index contributed by atoms with van der Waals surface area (Å²) in [6.45, 7) is 5.13. The SMILES string of the molecule is CCc1ccc(CC(NN)C2COC(C)C2)cc1. The maximum atomic E-state index is 5.70. The van der Waals surface area contributed by atoms with Gasteiger partial charge in [-0.1, -0.05) is 31.2 Å². The number of nitrogens with one attached hydrogen (secondary N) is 1. The van der Waals surface area contributed by atoms with E-state index in [0.29, 0.717) is 18.1 Å². The Morgan fingerprint density at radius 1 is 1.33 bits per heavy atom. The van der Waals surface area contributed by atoms with Gasteiger partial charge in [-0.2, -0.15) is 0 Å². The molecule has 0 aliphatic carbocycles. The van der Waals surface area contributed by atoms with Crippen LogP contribution < -0.4 is 11.3 Å². The van der Waals surface area contributed by atoms with Gasteiger partial charge in [0, 0.05) is 12.0 Å². The lowest BCUT2D eigenvalue weighted by molar-refractivity contribution is 0.117. The molecule has 1 heterocycles. The van der Waals surface area contributed by atoms with E-state index in [0.717, 1.165) is 25.9 Å². The number of aryl methyl sites for hydroxylation is 1. The van der Waals surface area contributed by atoms with Crippen molar-refractivity contribution in [1.82, 2.24) is 5.43 Å². The Morgan fingerprint density at radius 2 is 2.00 bits per heavy atom. The third-order valence-electron chi connectivity index (χ3n) is 3.90. The Labute approximate surface area is 110 Å². The maximum absolute atomic E-state index is 5.70. The van der Waals surface area contributed by atoms with E-state index >= 15 is 0 Å². The highest BCUT2D eigenvalue weighted by molar-refractivity contribution is 5.23. The molecule has 0 radical (unpaired) electrons. The summed E-state index contributed by atoms with van der Waals surface area (Å²) >= 11 is 0. The van der Waals surface area contributed by atoms with Gasteiger partial charge in [0.15, 0.2) is 0 Å². The van der Waals surface area contributed by atoms with E-state index in [1.807, 2.05) is 0 Å². The highest BCUT2D eigenvalue weighted by Gasteiger charge is 2.28. The van der Waals surface area contributed by atoms with E-state index in [-0.39, 0.29) is 0 Å². The molecule has 1 aromatic rings. The molecule has 18 heavy (non-hydrogen) atoms. The van der Waals surface area contributed by atoms with E-state index in [2.05, 4.69) is 43.5 Å². The van der Waals surface area contributed by atoms with Crippen molar-refractivity contribution in [3.05, 3.63) is 35.4 Å². The predicted molar refractivity (Wildman–Crippen MR) is 74.2 cm³/mol. The quantitative estimate of drug-likeness (QED) is 0.619. The fraction of sp³-hybridized carbons (Fsp3) is 0.600. The van der Waals surface area contributed by atoms with Crippen molar-refractivity contribution in [2.75, 3.05) is 6.61 Å². The summed E-state index contributed by atoms with van der Waals surface area (Å²) in [6.07, 6.45) is 3.53. The van der Waals surface area contributed by atoms with Crippen molar-refractivity contribution in [1.29, 1.82) is 0 Å². The summed E-state index contributed by atoms with van der Waals surface area (Å²) in [7, 11) is 0. The lowest BCUT2D eigenvalue weighted by Crippen LogP contribution is -2.42. The number of nitrogens with two attached hydrogens (primary N) is 1. The Morgan fingerprint density at radius 3 is 2.50 bits per heavy atom. The first kappa shape index (κ1) is 13.5. The van der Waals surface area contributed by atoms with Crippen LogP contribution in [0.3, 0.4) is 0 Å². The minimum absolute atomic E-state index is 0.308. The maximum Gasteiger partial charge on any atom is 0.0551 e. The molecular formula is C15H24N2O. The molecule has 3 nitrogen and oxygen atoms in total. The highest BCUT2D eigenvalue weighted by Crippen LogP contribution is 2.24. The molecule has 3 N–H and O–H groups in total. The van der Waals surface area contributed by atoms with Crippen LogP contribution in [0.5, 0.6) is 0 Å². The molecule has 3 heteroatoms. The average Bonchev–Trinajstić information content (AvgIpc) is 2.83. The van der Waals surface area contributed by atoms with E-state index in [1.165, 1.54) is 11.1 Å². The highest BCUT2D eigenvalue weighted by atomic mass is 16.5. The van der Waals surface area contributed by atoms with Crippen LogP contribution in [0, 0.1) is 5.92 Å². The molecule has 2 rings (SSSR count). The van der Waals surface area contributed by atoms with Gasteiger partial charge in [-0.15, -0.1) is 0 Å². The molecule has 0 aromatic heterocycles. The minimum atomic E-state index is 0.308. The normalized spacial score (nSPS) is 25.3. The van der Waals surface area contributed by atoms with Crippen LogP contribution in [-0.2, 0) is 17.6 Å². The zero-order valence-electron chi connectivity index (χ0n) is 11.4. The van der Waals surface area contributed by atoms with Crippen molar-refractivity contribution >= 4 is 0 Å². The van der Waals surface area contributed by atoms with Crippen LogP contribution in [0.1, 0.15) is 31.4 Å². The van der Waals surface area contributed by atoms with E-state index in [4.69, 9.17) is 10.6 Å². The Hall–Kier alpha value is -0.900. The Bertz CT molecular complexity index is 363. The third-order valence-corrected chi connectivity index (χ3v) is 3.90. The van der Waals surface area contributed by atoms with Crippen LogP contribution >= 0.6 is 0 Å². The van der Waals surface area contributed by atoms with Crippen LogP contribution in [0.25, 0.3) is 0 Å². The molecule has 3 atom stereocenters. The Balaban J connectivity index is 1.96. The summed E-state index contributed by atoms with van der Waals surface area (Å²) in [5.41, 5.74) is 5.69. The number of benzene rings is 1. The van der Waals surface area contributed by atoms with E-state index in [1.54, 1.807) is 0 Å². The Kier molecular flexibility index (Phi) is 4.75. The molecule has 3 unspecified atom stereocenters. The molecule has 1 aliphatic rings. The van der Waals surface area contributed by atoms with Gasteiger partial charge >= 0.3 is 0 Å². The van der Waals surface area contributed by atoms with Gasteiger partial charge in [0.25, 0.3) is 0 Å². The van der Waals surface area contributed by atoms with Crippen molar-refractivity contribution in [3.63, 3.8) is 0 Å². The van der Waals surface area contributed by atoms with Crippen molar-refractivity contribution in [3.8, 4) is 0 Å². The molecule has 0 amide bonds. The number of ether oxygens (including phenoxy) is 1. The third kappa shape index (κ3) is 3.31. The summed E-state index contributed by atoms with van der Waals surface area (Å²) in [5, 5.41) is 0. The minimum Gasteiger partial charge on any atom is -0.378 e. The van der Waals surface area contributed by atoms with Crippen LogP contribution in [0.4, 0.5) is 0 Å². The summed E-state index contributed by atoms with van der Waals surface area (Å²) in [4.78, 5) is 0.